The molecule has 2 aromatic carbocycles. The van der Waals surface area contributed by atoms with E-state index in [9.17, 15) is 9.59 Å². The van der Waals surface area contributed by atoms with E-state index in [-0.39, 0.29) is 5.56 Å². The molecule has 0 aliphatic heterocycles. The molecular formula is C17H11ClN4O2S. The number of aromatic nitrogens is 3. The zero-order valence-corrected chi connectivity index (χ0v) is 14.6. The van der Waals surface area contributed by atoms with Gasteiger partial charge in [-0.3, -0.25) is 15.0 Å². The molecule has 6 nitrogen and oxygen atoms in total. The molecule has 4 aromatic rings. The van der Waals surface area contributed by atoms with Gasteiger partial charge in [-0.2, -0.15) is 0 Å². The number of hydrogen-bond acceptors (Lipinski definition) is 5. The minimum Gasteiger partial charge on any atom is -0.267 e. The highest BCUT2D eigenvalue weighted by molar-refractivity contribution is 7.16. The normalized spacial score (nSPS) is 11.1. The van der Waals surface area contributed by atoms with Crippen molar-refractivity contribution in [2.24, 2.45) is 0 Å². The van der Waals surface area contributed by atoms with Crippen molar-refractivity contribution in [3.05, 3.63) is 68.7 Å². The van der Waals surface area contributed by atoms with Crippen molar-refractivity contribution >= 4 is 50.0 Å². The van der Waals surface area contributed by atoms with Gasteiger partial charge in [0.25, 0.3) is 11.5 Å². The van der Waals surface area contributed by atoms with Crippen molar-refractivity contribution in [3.63, 3.8) is 0 Å². The summed E-state index contributed by atoms with van der Waals surface area (Å²) >= 11 is 7.39. The zero-order chi connectivity index (χ0) is 17.6. The number of aryl methyl sites for hydroxylation is 1. The van der Waals surface area contributed by atoms with Crippen LogP contribution in [0.1, 0.15) is 16.2 Å². The molecule has 0 spiro atoms. The van der Waals surface area contributed by atoms with Gasteiger partial charge < -0.3 is 0 Å². The van der Waals surface area contributed by atoms with Crippen LogP contribution in [-0.2, 0) is 0 Å². The molecule has 2 heterocycles. The maximum atomic E-state index is 12.7. The Morgan fingerprint density at radius 1 is 1.20 bits per heavy atom. The highest BCUT2D eigenvalue weighted by atomic mass is 35.5. The molecule has 0 saturated carbocycles. The highest BCUT2D eigenvalue weighted by Crippen LogP contribution is 2.19. The second kappa shape index (κ2) is 5.94. The van der Waals surface area contributed by atoms with Gasteiger partial charge in [0.1, 0.15) is 5.82 Å². The number of halogens is 1. The van der Waals surface area contributed by atoms with Crippen LogP contribution in [0.3, 0.4) is 0 Å². The molecular weight excluding hydrogens is 360 g/mol. The fourth-order valence-corrected chi connectivity index (χ4v) is 3.45. The van der Waals surface area contributed by atoms with Gasteiger partial charge in [0.2, 0.25) is 0 Å². The smallest absolute Gasteiger partial charge is 0.267 e. The summed E-state index contributed by atoms with van der Waals surface area (Å²) in [5.74, 6) is -0.0254. The number of thiazole rings is 1. The number of nitrogens with zero attached hydrogens (tertiary/aromatic N) is 3. The average Bonchev–Trinajstić information content (AvgIpc) is 3.05. The Kier molecular flexibility index (Phi) is 3.74. The molecule has 124 valence electrons. The highest BCUT2D eigenvalue weighted by Gasteiger charge is 2.13. The van der Waals surface area contributed by atoms with Gasteiger partial charge >= 0.3 is 0 Å². The molecule has 0 saturated heterocycles. The Morgan fingerprint density at radius 3 is 2.88 bits per heavy atom. The summed E-state index contributed by atoms with van der Waals surface area (Å²) in [5, 5.41) is 0.881. The minimum atomic E-state index is -0.393. The van der Waals surface area contributed by atoms with Gasteiger partial charge in [0.15, 0.2) is 0 Å². The third-order valence-electron chi connectivity index (χ3n) is 3.81. The Morgan fingerprint density at radius 2 is 2.04 bits per heavy atom. The first kappa shape index (κ1) is 15.7. The molecule has 2 aromatic heterocycles. The van der Waals surface area contributed by atoms with Crippen molar-refractivity contribution < 1.29 is 4.79 Å². The van der Waals surface area contributed by atoms with Crippen molar-refractivity contribution in [3.8, 4) is 0 Å². The molecule has 0 fully saturated rings. The third-order valence-corrected chi connectivity index (χ3v) is 4.83. The molecule has 0 atom stereocenters. The molecule has 25 heavy (non-hydrogen) atoms. The third kappa shape index (κ3) is 2.77. The number of nitrogens with one attached hydrogen (secondary N) is 1. The second-order valence-corrected chi connectivity index (χ2v) is 6.76. The lowest BCUT2D eigenvalue weighted by molar-refractivity contribution is 0.101. The van der Waals surface area contributed by atoms with Gasteiger partial charge in [0.05, 0.1) is 26.6 Å². The van der Waals surface area contributed by atoms with Gasteiger partial charge in [-0.1, -0.05) is 11.6 Å². The standard InChI is InChI=1S/C17H11ClN4O2S/c1-9-20-14-7-11(18)3-4-12(14)17(24)22(9)21-16(23)10-2-5-13-15(6-10)25-8-19-13/h2-8H,1H3,(H,21,23). The molecule has 0 bridgehead atoms. The summed E-state index contributed by atoms with van der Waals surface area (Å²) < 4.78 is 2.05. The van der Waals surface area contributed by atoms with E-state index in [1.54, 1.807) is 48.8 Å². The van der Waals surface area contributed by atoms with E-state index < -0.39 is 5.91 Å². The minimum absolute atomic E-state index is 0.355. The predicted molar refractivity (Wildman–Crippen MR) is 99.1 cm³/mol. The molecule has 1 amide bonds. The van der Waals surface area contributed by atoms with Crippen LogP contribution in [-0.4, -0.2) is 20.6 Å². The summed E-state index contributed by atoms with van der Waals surface area (Å²) in [7, 11) is 0. The Balaban J connectivity index is 1.75. The van der Waals surface area contributed by atoms with Crippen molar-refractivity contribution in [2.45, 2.75) is 6.92 Å². The van der Waals surface area contributed by atoms with Gasteiger partial charge in [-0.05, 0) is 43.3 Å². The summed E-state index contributed by atoms with van der Waals surface area (Å²) in [5.41, 5.74) is 5.75. The lowest BCUT2D eigenvalue weighted by Crippen LogP contribution is -2.35. The molecule has 0 aliphatic carbocycles. The maximum absolute atomic E-state index is 12.7. The molecule has 0 radical (unpaired) electrons. The summed E-state index contributed by atoms with van der Waals surface area (Å²) in [6, 6.07) is 10.0. The molecule has 0 aliphatic rings. The number of carbonyl (C=O) groups is 1. The Hall–Kier alpha value is -2.77. The van der Waals surface area contributed by atoms with Crippen LogP contribution in [0.15, 0.2) is 46.7 Å². The van der Waals surface area contributed by atoms with E-state index in [1.807, 2.05) is 0 Å². The van der Waals surface area contributed by atoms with E-state index >= 15 is 0 Å². The van der Waals surface area contributed by atoms with E-state index in [1.165, 1.54) is 11.3 Å². The predicted octanol–water partition coefficient (Wildman–Crippen LogP) is 3.35. The van der Waals surface area contributed by atoms with Crippen LogP contribution in [0.5, 0.6) is 0 Å². The van der Waals surface area contributed by atoms with E-state index in [4.69, 9.17) is 11.6 Å². The lowest BCUT2D eigenvalue weighted by Gasteiger charge is -2.12. The first-order valence-electron chi connectivity index (χ1n) is 7.36. The fraction of sp³-hybridized carbons (Fsp3) is 0.0588. The Bertz CT molecular complexity index is 1200. The number of fused-ring (bicyclic) bond motifs is 2. The van der Waals surface area contributed by atoms with Gasteiger partial charge in [-0.15, -0.1) is 11.3 Å². The number of rotatable bonds is 2. The number of carbonyl (C=O) groups excluding carboxylic acids is 1. The van der Waals surface area contributed by atoms with E-state index in [0.717, 1.165) is 14.9 Å². The summed E-state index contributed by atoms with van der Waals surface area (Å²) in [4.78, 5) is 33.7. The van der Waals surface area contributed by atoms with Crippen LogP contribution in [0.2, 0.25) is 5.02 Å². The summed E-state index contributed by atoms with van der Waals surface area (Å²) in [6.07, 6.45) is 0. The van der Waals surface area contributed by atoms with Gasteiger partial charge in [-0.25, -0.2) is 14.6 Å². The molecule has 1 N–H and O–H groups in total. The number of hydrogen-bond donors (Lipinski definition) is 1. The fourth-order valence-electron chi connectivity index (χ4n) is 2.56. The topological polar surface area (TPSA) is 76.9 Å². The monoisotopic (exact) mass is 370 g/mol. The number of benzene rings is 2. The SMILES string of the molecule is Cc1nc2cc(Cl)ccc2c(=O)n1NC(=O)c1ccc2ncsc2c1. The van der Waals surface area contributed by atoms with Gasteiger partial charge in [0, 0.05) is 10.6 Å². The van der Waals surface area contributed by atoms with Crippen LogP contribution < -0.4 is 11.0 Å². The first-order valence-corrected chi connectivity index (χ1v) is 8.62. The van der Waals surface area contributed by atoms with E-state index in [0.29, 0.717) is 27.3 Å². The second-order valence-electron chi connectivity index (χ2n) is 5.44. The van der Waals surface area contributed by atoms with Crippen LogP contribution >= 0.6 is 22.9 Å². The van der Waals surface area contributed by atoms with Crippen LogP contribution in [0, 0.1) is 6.92 Å². The average molecular weight is 371 g/mol. The van der Waals surface area contributed by atoms with Crippen molar-refractivity contribution in [2.75, 3.05) is 5.43 Å². The first-order chi connectivity index (χ1) is 12.0. The molecule has 0 unspecified atom stereocenters. The maximum Gasteiger partial charge on any atom is 0.280 e. The zero-order valence-electron chi connectivity index (χ0n) is 13.0. The molecule has 8 heteroatoms. The van der Waals surface area contributed by atoms with E-state index in [2.05, 4.69) is 15.4 Å². The largest absolute Gasteiger partial charge is 0.280 e. The lowest BCUT2D eigenvalue weighted by atomic mass is 10.2. The van der Waals surface area contributed by atoms with Crippen molar-refractivity contribution in [1.82, 2.24) is 14.6 Å². The quantitative estimate of drug-likeness (QED) is 0.587. The molecule has 4 rings (SSSR count). The number of amides is 1. The van der Waals surface area contributed by atoms with Crippen LogP contribution in [0.4, 0.5) is 0 Å². The Labute approximate surface area is 150 Å². The van der Waals surface area contributed by atoms with Crippen LogP contribution in [0.25, 0.3) is 21.1 Å². The van der Waals surface area contributed by atoms with Crippen molar-refractivity contribution in [1.29, 1.82) is 0 Å². The summed E-state index contributed by atoms with van der Waals surface area (Å²) in [6.45, 7) is 1.65.